The van der Waals surface area contributed by atoms with Gasteiger partial charge in [0, 0.05) is 31.2 Å². The highest BCUT2D eigenvalue weighted by Crippen LogP contribution is 2.39. The summed E-state index contributed by atoms with van der Waals surface area (Å²) < 4.78 is 21.2. The third-order valence-corrected chi connectivity index (χ3v) is 4.82. The number of rotatable bonds is 8. The number of amides is 1. The molecule has 29 heavy (non-hydrogen) atoms. The van der Waals surface area contributed by atoms with E-state index in [1.165, 1.54) is 0 Å². The van der Waals surface area contributed by atoms with Crippen LogP contribution in [0, 0.1) is 0 Å². The van der Waals surface area contributed by atoms with Crippen molar-refractivity contribution in [3.8, 4) is 17.2 Å². The van der Waals surface area contributed by atoms with Gasteiger partial charge in [0.2, 0.25) is 5.75 Å². The number of carbonyl (C=O) groups is 1. The van der Waals surface area contributed by atoms with E-state index in [0.717, 1.165) is 18.4 Å². The quantitative estimate of drug-likeness (QED) is 0.499. The van der Waals surface area contributed by atoms with Gasteiger partial charge in [-0.1, -0.05) is 6.07 Å². The van der Waals surface area contributed by atoms with Gasteiger partial charge in [-0.15, -0.1) is 0 Å². The third kappa shape index (κ3) is 6.07. The molecule has 1 aromatic rings. The summed E-state index contributed by atoms with van der Waals surface area (Å²) in [4.78, 5) is 17.9. The van der Waals surface area contributed by atoms with Gasteiger partial charge >= 0.3 is 6.09 Å². The number of benzene rings is 1. The highest BCUT2D eigenvalue weighted by molar-refractivity contribution is 5.78. The molecule has 0 radical (unpaired) electrons. The molecule has 1 heterocycles. The zero-order valence-corrected chi connectivity index (χ0v) is 17.7. The summed E-state index contributed by atoms with van der Waals surface area (Å²) in [6, 6.07) is 3.98. The maximum atomic E-state index is 11.7. The van der Waals surface area contributed by atoms with E-state index in [1.807, 2.05) is 12.1 Å². The van der Waals surface area contributed by atoms with Gasteiger partial charge in [-0.3, -0.25) is 4.99 Å². The summed E-state index contributed by atoms with van der Waals surface area (Å²) in [5.74, 6) is 2.22. The lowest BCUT2D eigenvalue weighted by molar-refractivity contribution is 0.0963. The second kappa shape index (κ2) is 11.2. The first-order chi connectivity index (χ1) is 14.0. The van der Waals surface area contributed by atoms with Crippen molar-refractivity contribution in [1.29, 1.82) is 0 Å². The number of ether oxygens (including phenoxy) is 4. The number of hydrogen-bond acceptors (Lipinski definition) is 6. The summed E-state index contributed by atoms with van der Waals surface area (Å²) in [7, 11) is 4.77. The van der Waals surface area contributed by atoms with Crippen LogP contribution >= 0.6 is 0 Å². The molecule has 162 valence electrons. The minimum atomic E-state index is -0.253. The summed E-state index contributed by atoms with van der Waals surface area (Å²) in [6.07, 6.45) is 2.00. The number of hydrogen-bond donors (Lipinski definition) is 2. The SMILES string of the molecule is CCOC(=O)N1CCC(NC(N)=NCCc2ccc(OC)c(OC)c2OC)CC1. The summed E-state index contributed by atoms with van der Waals surface area (Å²) in [5.41, 5.74) is 7.00. The number of methoxy groups -OCH3 is 3. The van der Waals surface area contributed by atoms with Gasteiger partial charge in [-0.05, 0) is 32.3 Å². The van der Waals surface area contributed by atoms with Crippen molar-refractivity contribution in [3.63, 3.8) is 0 Å². The van der Waals surface area contributed by atoms with Gasteiger partial charge < -0.3 is 34.9 Å². The smallest absolute Gasteiger partial charge is 0.409 e. The normalized spacial score (nSPS) is 15.0. The molecular formula is C20H32N4O5. The fraction of sp³-hybridized carbons (Fsp3) is 0.600. The Morgan fingerprint density at radius 1 is 1.17 bits per heavy atom. The molecule has 0 unspecified atom stereocenters. The Bertz CT molecular complexity index is 702. The molecule has 0 spiro atoms. The maximum absolute atomic E-state index is 11.7. The summed E-state index contributed by atoms with van der Waals surface area (Å²) in [5, 5.41) is 3.24. The van der Waals surface area contributed by atoms with Crippen molar-refractivity contribution in [2.24, 2.45) is 10.7 Å². The van der Waals surface area contributed by atoms with Gasteiger partial charge in [-0.2, -0.15) is 0 Å². The number of likely N-dealkylation sites (tertiary alicyclic amines) is 1. The van der Waals surface area contributed by atoms with E-state index in [2.05, 4.69) is 10.3 Å². The standard InChI is InChI=1S/C20H32N4O5/c1-5-29-20(25)24-12-9-15(10-13-24)23-19(21)22-11-8-14-6-7-16(26-2)18(28-4)17(14)27-3/h6-7,15H,5,8-13H2,1-4H3,(H3,21,22,23). The third-order valence-electron chi connectivity index (χ3n) is 4.82. The molecule has 0 saturated carbocycles. The van der Waals surface area contributed by atoms with Crippen LogP contribution in [0.4, 0.5) is 4.79 Å². The molecule has 1 aliphatic rings. The van der Waals surface area contributed by atoms with Crippen molar-refractivity contribution in [2.45, 2.75) is 32.2 Å². The molecule has 0 atom stereocenters. The Kier molecular flexibility index (Phi) is 8.69. The monoisotopic (exact) mass is 408 g/mol. The Hall–Kier alpha value is -2.84. The molecular weight excluding hydrogens is 376 g/mol. The number of piperidine rings is 1. The van der Waals surface area contributed by atoms with E-state index < -0.39 is 0 Å². The molecule has 1 amide bonds. The predicted molar refractivity (Wildman–Crippen MR) is 111 cm³/mol. The topological polar surface area (TPSA) is 108 Å². The average Bonchev–Trinajstić information content (AvgIpc) is 2.73. The first kappa shape index (κ1) is 22.4. The largest absolute Gasteiger partial charge is 0.493 e. The summed E-state index contributed by atoms with van der Waals surface area (Å²) >= 11 is 0. The Balaban J connectivity index is 1.86. The fourth-order valence-electron chi connectivity index (χ4n) is 3.33. The first-order valence-electron chi connectivity index (χ1n) is 9.80. The van der Waals surface area contributed by atoms with Crippen LogP contribution < -0.4 is 25.3 Å². The van der Waals surface area contributed by atoms with Crippen molar-refractivity contribution >= 4 is 12.1 Å². The van der Waals surface area contributed by atoms with Crippen LogP contribution in [0.15, 0.2) is 17.1 Å². The van der Waals surface area contributed by atoms with Crippen LogP contribution in [0.25, 0.3) is 0 Å². The number of aliphatic imine (C=N–C) groups is 1. The van der Waals surface area contributed by atoms with Gasteiger partial charge in [0.25, 0.3) is 0 Å². The minimum Gasteiger partial charge on any atom is -0.493 e. The molecule has 1 aromatic carbocycles. The lowest BCUT2D eigenvalue weighted by Crippen LogP contribution is -2.48. The van der Waals surface area contributed by atoms with E-state index >= 15 is 0 Å². The van der Waals surface area contributed by atoms with E-state index in [-0.39, 0.29) is 12.1 Å². The molecule has 9 nitrogen and oxygen atoms in total. The number of carbonyl (C=O) groups excluding carboxylic acids is 1. The number of guanidine groups is 1. The Morgan fingerprint density at radius 3 is 2.45 bits per heavy atom. The van der Waals surface area contributed by atoms with Crippen LogP contribution in [-0.4, -0.2) is 70.6 Å². The fourth-order valence-corrected chi connectivity index (χ4v) is 3.33. The highest BCUT2D eigenvalue weighted by Gasteiger charge is 2.23. The molecule has 9 heteroatoms. The van der Waals surface area contributed by atoms with Crippen LogP contribution in [0.5, 0.6) is 17.2 Å². The second-order valence-corrected chi connectivity index (χ2v) is 6.61. The number of nitrogens with one attached hydrogen (secondary N) is 1. The zero-order chi connectivity index (χ0) is 21.2. The number of nitrogens with zero attached hydrogens (tertiary/aromatic N) is 2. The van der Waals surface area contributed by atoms with Gasteiger partial charge in [-0.25, -0.2) is 4.79 Å². The van der Waals surface area contributed by atoms with Crippen LogP contribution in [-0.2, 0) is 11.2 Å². The van der Waals surface area contributed by atoms with Gasteiger partial charge in [0.05, 0.1) is 27.9 Å². The molecule has 1 fully saturated rings. The van der Waals surface area contributed by atoms with E-state index in [9.17, 15) is 4.79 Å². The molecule has 0 aromatic heterocycles. The maximum Gasteiger partial charge on any atom is 0.409 e. The van der Waals surface area contributed by atoms with E-state index in [0.29, 0.717) is 55.9 Å². The zero-order valence-electron chi connectivity index (χ0n) is 17.7. The predicted octanol–water partition coefficient (Wildman–Crippen LogP) is 1.78. The Morgan fingerprint density at radius 2 is 1.86 bits per heavy atom. The molecule has 2 rings (SSSR count). The van der Waals surface area contributed by atoms with Crippen molar-refractivity contribution in [3.05, 3.63) is 17.7 Å². The molecule has 0 aliphatic carbocycles. The average molecular weight is 408 g/mol. The molecule has 1 aliphatic heterocycles. The first-order valence-corrected chi connectivity index (χ1v) is 9.80. The van der Waals surface area contributed by atoms with Crippen molar-refractivity contribution < 1.29 is 23.7 Å². The van der Waals surface area contributed by atoms with E-state index in [4.69, 9.17) is 24.7 Å². The van der Waals surface area contributed by atoms with Crippen LogP contribution in [0.2, 0.25) is 0 Å². The molecule has 1 saturated heterocycles. The summed E-state index contributed by atoms with van der Waals surface area (Å²) in [6.45, 7) is 3.99. The second-order valence-electron chi connectivity index (χ2n) is 6.61. The van der Waals surface area contributed by atoms with Gasteiger partial charge in [0.15, 0.2) is 17.5 Å². The van der Waals surface area contributed by atoms with Crippen molar-refractivity contribution in [1.82, 2.24) is 10.2 Å². The van der Waals surface area contributed by atoms with Crippen LogP contribution in [0.3, 0.4) is 0 Å². The number of nitrogens with two attached hydrogens (primary N) is 1. The van der Waals surface area contributed by atoms with Gasteiger partial charge in [0.1, 0.15) is 0 Å². The molecule has 0 bridgehead atoms. The van der Waals surface area contributed by atoms with Crippen LogP contribution in [0.1, 0.15) is 25.3 Å². The highest BCUT2D eigenvalue weighted by atomic mass is 16.6. The Labute approximate surface area is 172 Å². The lowest BCUT2D eigenvalue weighted by Gasteiger charge is -2.31. The molecule has 3 N–H and O–H groups in total. The lowest BCUT2D eigenvalue weighted by atomic mass is 10.1. The van der Waals surface area contributed by atoms with Crippen molar-refractivity contribution in [2.75, 3.05) is 47.6 Å². The van der Waals surface area contributed by atoms with E-state index in [1.54, 1.807) is 33.2 Å². The minimum absolute atomic E-state index is 0.194.